The molecule has 2 aromatic carbocycles. The van der Waals surface area contributed by atoms with Gasteiger partial charge < -0.3 is 9.64 Å². The van der Waals surface area contributed by atoms with Crippen LogP contribution in [0.2, 0.25) is 0 Å². The summed E-state index contributed by atoms with van der Waals surface area (Å²) < 4.78 is 33.7. The van der Waals surface area contributed by atoms with Crippen molar-refractivity contribution in [2.24, 2.45) is 0 Å². The number of likely N-dealkylation sites (N-methyl/N-ethyl adjacent to an activating group) is 1. The summed E-state index contributed by atoms with van der Waals surface area (Å²) in [7, 11) is -2.29. The second-order valence-corrected chi connectivity index (χ2v) is 12.3. The first-order valence-electron chi connectivity index (χ1n) is 12.3. The van der Waals surface area contributed by atoms with Crippen LogP contribution in [0.5, 0.6) is 0 Å². The number of fused-ring (bicyclic) bond motifs is 1. The average molecular weight is 574 g/mol. The maximum absolute atomic E-state index is 13.5. The second-order valence-electron chi connectivity index (χ2n) is 9.59. The van der Waals surface area contributed by atoms with Crippen LogP contribution >= 0.6 is 11.3 Å². The van der Waals surface area contributed by atoms with Crippen LogP contribution in [0.15, 0.2) is 77.4 Å². The van der Waals surface area contributed by atoms with Gasteiger partial charge in [-0.1, -0.05) is 35.9 Å². The molecule has 6 rings (SSSR count). The van der Waals surface area contributed by atoms with E-state index in [1.54, 1.807) is 49.5 Å². The monoisotopic (exact) mass is 573 g/mol. The van der Waals surface area contributed by atoms with Gasteiger partial charge in [0.05, 0.1) is 22.7 Å². The van der Waals surface area contributed by atoms with Crippen molar-refractivity contribution >= 4 is 44.4 Å². The molecule has 1 amide bonds. The van der Waals surface area contributed by atoms with Crippen molar-refractivity contribution in [3.8, 4) is 21.8 Å². The van der Waals surface area contributed by atoms with Crippen molar-refractivity contribution < 1.29 is 22.7 Å². The summed E-state index contributed by atoms with van der Waals surface area (Å²) in [6, 6.07) is 13.8. The number of rotatable bonds is 6. The highest BCUT2D eigenvalue weighted by molar-refractivity contribution is 7.90. The molecule has 4 heterocycles. The number of β-lactam (4-membered cyclic amide) rings is 1. The van der Waals surface area contributed by atoms with Crippen molar-refractivity contribution in [3.63, 3.8) is 0 Å². The van der Waals surface area contributed by atoms with E-state index in [9.17, 15) is 18.0 Å². The molecule has 1 saturated heterocycles. The lowest BCUT2D eigenvalue weighted by Crippen LogP contribution is -2.64. The van der Waals surface area contributed by atoms with Gasteiger partial charge in [-0.3, -0.25) is 14.6 Å². The predicted octanol–water partition coefficient (Wildman–Crippen LogP) is 4.00. The predicted molar refractivity (Wildman–Crippen MR) is 149 cm³/mol. The zero-order valence-electron chi connectivity index (χ0n) is 21.7. The van der Waals surface area contributed by atoms with Gasteiger partial charge in [-0.05, 0) is 25.1 Å². The lowest BCUT2D eigenvalue weighted by Gasteiger charge is -2.45. The lowest BCUT2D eigenvalue weighted by molar-refractivity contribution is -0.193. The molecule has 1 fully saturated rings. The fraction of sp³-hybridized carbons (Fsp3) is 0.179. The van der Waals surface area contributed by atoms with Crippen molar-refractivity contribution in [1.82, 2.24) is 23.8 Å². The summed E-state index contributed by atoms with van der Waals surface area (Å²) in [5.74, 6) is -0.833. The molecule has 0 radical (unpaired) electrons. The summed E-state index contributed by atoms with van der Waals surface area (Å²) in [6.45, 7) is 3.42. The Balaban J connectivity index is 1.41. The molecule has 1 atom stereocenters. The Bertz CT molecular complexity index is 1910. The van der Waals surface area contributed by atoms with Crippen LogP contribution in [0.25, 0.3) is 33.0 Å². The van der Waals surface area contributed by atoms with Gasteiger partial charge in [0.1, 0.15) is 10.5 Å². The maximum Gasteiger partial charge on any atom is 0.304 e. The molecule has 1 aliphatic rings. The zero-order valence-corrected chi connectivity index (χ0v) is 23.4. The van der Waals surface area contributed by atoms with Gasteiger partial charge >= 0.3 is 5.97 Å². The highest BCUT2D eigenvalue weighted by Gasteiger charge is 2.55. The third kappa shape index (κ3) is 4.07. The van der Waals surface area contributed by atoms with E-state index in [2.05, 4.69) is 9.97 Å². The van der Waals surface area contributed by atoms with Crippen molar-refractivity contribution in [1.29, 1.82) is 0 Å². The van der Waals surface area contributed by atoms with E-state index in [1.807, 2.05) is 18.4 Å². The van der Waals surface area contributed by atoms with Crippen LogP contribution in [0.4, 0.5) is 0 Å². The Hall–Kier alpha value is -4.42. The summed E-state index contributed by atoms with van der Waals surface area (Å²) in [5.41, 5.74) is 2.62. The van der Waals surface area contributed by atoms with Crippen LogP contribution < -0.4 is 0 Å². The number of likely N-dealkylation sites (tertiary alicyclic amines) is 1. The SMILES string of the molecule is CC(=O)OC1(c2cccc(-c3csc(-c4cn(S(=O)(=O)c5ccc(C)cc5)c5nccnc45)n3)c2)CN(C)C1=O. The number of thiazole rings is 1. The van der Waals surface area contributed by atoms with Crippen LogP contribution in [-0.2, 0) is 30.0 Å². The number of benzene rings is 2. The van der Waals surface area contributed by atoms with Crippen LogP contribution in [0.3, 0.4) is 0 Å². The molecule has 1 aliphatic heterocycles. The molecule has 5 aromatic rings. The standard InChI is InChI=1S/C28H23N5O5S2/c1-17-7-9-21(10-8-17)40(36,37)33-14-22(24-25(33)30-12-11-29-24)26-31-23(15-39-26)19-5-4-6-20(13-19)28(38-18(2)34)16-32(3)27(28)35/h4-15H,16H2,1-3H3. The fourth-order valence-corrected chi connectivity index (χ4v) is 6.98. The Morgan fingerprint density at radius 1 is 1.10 bits per heavy atom. The van der Waals surface area contributed by atoms with Crippen LogP contribution in [-0.4, -0.2) is 57.7 Å². The quantitative estimate of drug-likeness (QED) is 0.221. The van der Waals surface area contributed by atoms with E-state index in [1.165, 1.54) is 41.8 Å². The number of esters is 1. The first-order chi connectivity index (χ1) is 19.1. The van der Waals surface area contributed by atoms with E-state index >= 15 is 0 Å². The Labute approximate surface area is 234 Å². The fourth-order valence-electron chi connectivity index (χ4n) is 4.83. The smallest absolute Gasteiger partial charge is 0.304 e. The molecule has 0 N–H and O–H groups in total. The van der Waals surface area contributed by atoms with Crippen LogP contribution in [0.1, 0.15) is 18.1 Å². The van der Waals surface area contributed by atoms with E-state index in [4.69, 9.17) is 9.72 Å². The van der Waals surface area contributed by atoms with Gasteiger partial charge in [0.2, 0.25) is 5.60 Å². The van der Waals surface area contributed by atoms with E-state index < -0.39 is 21.6 Å². The Morgan fingerprint density at radius 3 is 2.55 bits per heavy atom. The molecule has 202 valence electrons. The van der Waals surface area contributed by atoms with Crippen molar-refractivity contribution in [3.05, 3.63) is 83.6 Å². The Morgan fingerprint density at radius 2 is 1.85 bits per heavy atom. The zero-order chi connectivity index (χ0) is 28.2. The highest BCUT2D eigenvalue weighted by Crippen LogP contribution is 2.39. The lowest BCUT2D eigenvalue weighted by atomic mass is 9.84. The maximum atomic E-state index is 13.5. The number of nitrogens with zero attached hydrogens (tertiary/aromatic N) is 5. The van der Waals surface area contributed by atoms with Gasteiger partial charge in [0, 0.05) is 49.1 Å². The molecule has 0 saturated carbocycles. The van der Waals surface area contributed by atoms with Crippen molar-refractivity contribution in [2.45, 2.75) is 24.3 Å². The Kier molecular flexibility index (Phi) is 6.04. The number of aryl methyl sites for hydroxylation is 1. The van der Waals surface area contributed by atoms with Gasteiger partial charge in [-0.2, -0.15) is 0 Å². The topological polar surface area (TPSA) is 124 Å². The number of hydrogen-bond donors (Lipinski definition) is 0. The first-order valence-corrected chi connectivity index (χ1v) is 14.6. The largest absolute Gasteiger partial charge is 0.442 e. The second kappa shape index (κ2) is 9.35. The van der Waals surface area contributed by atoms with E-state index in [-0.39, 0.29) is 23.0 Å². The summed E-state index contributed by atoms with van der Waals surface area (Å²) in [4.78, 5) is 39.7. The number of amides is 1. The molecule has 10 nitrogen and oxygen atoms in total. The van der Waals surface area contributed by atoms with Crippen LogP contribution in [0, 0.1) is 6.92 Å². The van der Waals surface area contributed by atoms with Gasteiger partial charge in [0.25, 0.3) is 15.9 Å². The van der Waals surface area contributed by atoms with Gasteiger partial charge in [0.15, 0.2) is 5.65 Å². The molecular formula is C28H23N5O5S2. The number of carbonyl (C=O) groups is 2. The average Bonchev–Trinajstić information content (AvgIpc) is 3.58. The first kappa shape index (κ1) is 25.8. The molecular weight excluding hydrogens is 550 g/mol. The minimum absolute atomic E-state index is 0.141. The summed E-state index contributed by atoms with van der Waals surface area (Å²) in [5, 5.41) is 2.40. The molecule has 3 aromatic heterocycles. The normalized spacial score (nSPS) is 17.2. The third-order valence-electron chi connectivity index (χ3n) is 6.80. The van der Waals surface area contributed by atoms with E-state index in [0.717, 1.165) is 15.1 Å². The molecule has 0 aliphatic carbocycles. The van der Waals surface area contributed by atoms with Gasteiger partial charge in [-0.15, -0.1) is 11.3 Å². The molecule has 0 spiro atoms. The van der Waals surface area contributed by atoms with Gasteiger partial charge in [-0.25, -0.2) is 22.4 Å². The number of aromatic nitrogens is 4. The third-order valence-corrected chi connectivity index (χ3v) is 9.34. The van der Waals surface area contributed by atoms with Crippen molar-refractivity contribution in [2.75, 3.05) is 13.6 Å². The molecule has 40 heavy (non-hydrogen) atoms. The number of hydrogen-bond acceptors (Lipinski definition) is 9. The number of carbonyl (C=O) groups excluding carboxylic acids is 2. The molecule has 0 bridgehead atoms. The minimum Gasteiger partial charge on any atom is -0.442 e. The highest BCUT2D eigenvalue weighted by atomic mass is 32.2. The summed E-state index contributed by atoms with van der Waals surface area (Å²) in [6.07, 6.45) is 4.45. The molecule has 1 unspecified atom stereocenters. The minimum atomic E-state index is -3.94. The summed E-state index contributed by atoms with van der Waals surface area (Å²) >= 11 is 1.33. The van der Waals surface area contributed by atoms with E-state index in [0.29, 0.717) is 27.3 Å². The molecule has 12 heteroatoms. The number of ether oxygens (including phenoxy) is 1.